The third-order valence-corrected chi connectivity index (χ3v) is 2.47. The Morgan fingerprint density at radius 2 is 1.05 bits per heavy atom. The van der Waals surface area contributed by atoms with Crippen molar-refractivity contribution >= 4 is 11.8 Å². The van der Waals surface area contributed by atoms with E-state index in [1.807, 2.05) is 0 Å². The molecule has 0 bridgehead atoms. The summed E-state index contributed by atoms with van der Waals surface area (Å²) in [5, 5.41) is 11.6. The van der Waals surface area contributed by atoms with Crippen molar-refractivity contribution in [3.63, 3.8) is 0 Å². The van der Waals surface area contributed by atoms with E-state index in [0.717, 1.165) is 13.1 Å². The summed E-state index contributed by atoms with van der Waals surface area (Å²) < 4.78 is 0. The van der Waals surface area contributed by atoms with Gasteiger partial charge < -0.3 is 32.7 Å². The van der Waals surface area contributed by atoms with E-state index in [4.69, 9.17) is 11.5 Å². The summed E-state index contributed by atoms with van der Waals surface area (Å²) in [6.45, 7) is 5.08. The van der Waals surface area contributed by atoms with Gasteiger partial charge in [-0.25, -0.2) is 0 Å². The van der Waals surface area contributed by atoms with Crippen LogP contribution in [-0.4, -0.2) is 64.2 Å². The molecule has 0 aliphatic heterocycles. The zero-order valence-electron chi connectivity index (χ0n) is 12.0. The molecule has 20 heavy (non-hydrogen) atoms. The molecule has 0 aliphatic carbocycles. The second-order valence-corrected chi connectivity index (χ2v) is 4.28. The normalized spacial score (nSPS) is 10.3. The van der Waals surface area contributed by atoms with Gasteiger partial charge in [-0.05, 0) is 0 Å². The molecule has 0 rings (SSSR count). The summed E-state index contributed by atoms with van der Waals surface area (Å²) in [4.78, 5) is 22.9. The molecule has 0 atom stereocenters. The van der Waals surface area contributed by atoms with Crippen molar-refractivity contribution in [1.82, 2.24) is 21.3 Å². The summed E-state index contributed by atoms with van der Waals surface area (Å²) in [7, 11) is 0. The number of nitrogens with one attached hydrogen (secondary N) is 4. The van der Waals surface area contributed by atoms with Gasteiger partial charge in [0, 0.05) is 65.2 Å². The minimum absolute atomic E-state index is 0.115. The third-order valence-electron chi connectivity index (χ3n) is 2.47. The predicted octanol–water partition coefficient (Wildman–Crippen LogP) is -2.90. The van der Waals surface area contributed by atoms with Gasteiger partial charge in [0.05, 0.1) is 0 Å². The number of nitrogens with two attached hydrogens (primary N) is 2. The molecule has 0 saturated heterocycles. The summed E-state index contributed by atoms with van der Waals surface area (Å²) >= 11 is 0. The Labute approximate surface area is 120 Å². The van der Waals surface area contributed by atoms with Crippen LogP contribution in [-0.2, 0) is 9.59 Å². The van der Waals surface area contributed by atoms with Crippen molar-refractivity contribution in [1.29, 1.82) is 0 Å². The highest BCUT2D eigenvalue weighted by atomic mass is 16.2. The van der Waals surface area contributed by atoms with Crippen LogP contribution in [0, 0.1) is 0 Å². The summed E-state index contributed by atoms with van der Waals surface area (Å²) in [5.74, 6) is -0.230. The Morgan fingerprint density at radius 3 is 1.40 bits per heavy atom. The molecule has 0 aromatic carbocycles. The fourth-order valence-electron chi connectivity index (χ4n) is 1.44. The highest BCUT2D eigenvalue weighted by molar-refractivity contribution is 5.83. The minimum Gasteiger partial charge on any atom is -0.355 e. The van der Waals surface area contributed by atoms with Crippen molar-refractivity contribution in [2.24, 2.45) is 11.5 Å². The van der Waals surface area contributed by atoms with Crippen LogP contribution in [0.3, 0.4) is 0 Å². The molecule has 0 fully saturated rings. The lowest BCUT2D eigenvalue weighted by Gasteiger charge is -2.07. The van der Waals surface area contributed by atoms with Crippen LogP contribution >= 0.6 is 0 Å². The van der Waals surface area contributed by atoms with Crippen LogP contribution in [0.4, 0.5) is 0 Å². The molecule has 0 heterocycles. The van der Waals surface area contributed by atoms with Gasteiger partial charge >= 0.3 is 0 Å². The number of carbonyl (C=O) groups is 2. The number of hydrogen-bond acceptors (Lipinski definition) is 6. The van der Waals surface area contributed by atoms with E-state index in [-0.39, 0.29) is 24.7 Å². The highest BCUT2D eigenvalue weighted by Crippen LogP contribution is 1.88. The third kappa shape index (κ3) is 13.2. The Morgan fingerprint density at radius 1 is 0.650 bits per heavy atom. The fraction of sp³-hybridized carbons (Fsp3) is 0.833. The molecule has 0 saturated carbocycles. The average Bonchev–Trinajstić information content (AvgIpc) is 2.44. The van der Waals surface area contributed by atoms with Gasteiger partial charge in [0.2, 0.25) is 11.8 Å². The van der Waals surface area contributed by atoms with Gasteiger partial charge in [0.15, 0.2) is 0 Å². The van der Waals surface area contributed by atoms with E-state index in [1.54, 1.807) is 0 Å². The Bertz CT molecular complexity index is 236. The first-order chi connectivity index (χ1) is 9.70. The smallest absolute Gasteiger partial charge is 0.220 e. The topological polar surface area (TPSA) is 134 Å². The van der Waals surface area contributed by atoms with E-state index < -0.39 is 0 Å². The molecule has 0 spiro atoms. The van der Waals surface area contributed by atoms with Crippen LogP contribution in [0.1, 0.15) is 12.8 Å². The van der Waals surface area contributed by atoms with Crippen molar-refractivity contribution in [3.05, 3.63) is 0 Å². The van der Waals surface area contributed by atoms with E-state index in [0.29, 0.717) is 39.3 Å². The molecule has 118 valence electrons. The first kappa shape index (κ1) is 18.8. The first-order valence-corrected chi connectivity index (χ1v) is 7.05. The average molecular weight is 288 g/mol. The zero-order valence-corrected chi connectivity index (χ0v) is 12.0. The Kier molecular flexibility index (Phi) is 13.3. The predicted molar refractivity (Wildman–Crippen MR) is 79.1 cm³/mol. The van der Waals surface area contributed by atoms with Crippen LogP contribution < -0.4 is 32.7 Å². The lowest BCUT2D eigenvalue weighted by molar-refractivity contribution is -0.126. The van der Waals surface area contributed by atoms with Gasteiger partial charge in [-0.1, -0.05) is 0 Å². The summed E-state index contributed by atoms with van der Waals surface area (Å²) in [6.07, 6.45) is 0.415. The lowest BCUT2D eigenvalue weighted by atomic mass is 10.3. The van der Waals surface area contributed by atoms with Crippen LogP contribution in [0.25, 0.3) is 0 Å². The van der Waals surface area contributed by atoms with E-state index in [9.17, 15) is 9.59 Å². The lowest BCUT2D eigenvalue weighted by Crippen LogP contribution is -2.36. The Hall–Kier alpha value is -1.22. The van der Waals surface area contributed by atoms with Gasteiger partial charge in [-0.2, -0.15) is 0 Å². The van der Waals surface area contributed by atoms with Crippen LogP contribution in [0.2, 0.25) is 0 Å². The fourth-order valence-corrected chi connectivity index (χ4v) is 1.44. The molecule has 2 amide bonds. The first-order valence-electron chi connectivity index (χ1n) is 7.05. The molecule has 0 unspecified atom stereocenters. The Balaban J connectivity index is 3.37. The molecule has 8 nitrogen and oxygen atoms in total. The molecule has 8 N–H and O–H groups in total. The van der Waals surface area contributed by atoms with Gasteiger partial charge in [0.1, 0.15) is 0 Å². The molecular weight excluding hydrogens is 260 g/mol. The molecular formula is C12H28N6O2. The van der Waals surface area contributed by atoms with Crippen molar-refractivity contribution in [2.75, 3.05) is 52.4 Å². The maximum Gasteiger partial charge on any atom is 0.220 e. The van der Waals surface area contributed by atoms with E-state index in [1.165, 1.54) is 0 Å². The summed E-state index contributed by atoms with van der Waals surface area (Å²) in [5.41, 5.74) is 10.6. The molecule has 0 aromatic rings. The van der Waals surface area contributed by atoms with Gasteiger partial charge in [-0.3, -0.25) is 9.59 Å². The minimum atomic E-state index is -0.115. The van der Waals surface area contributed by atoms with E-state index >= 15 is 0 Å². The van der Waals surface area contributed by atoms with Gasteiger partial charge in [-0.15, -0.1) is 0 Å². The number of rotatable bonds is 13. The molecule has 0 radical (unpaired) electrons. The number of hydrogen-bond donors (Lipinski definition) is 6. The molecule has 8 heteroatoms. The van der Waals surface area contributed by atoms with Crippen molar-refractivity contribution in [3.8, 4) is 0 Å². The zero-order chi connectivity index (χ0) is 15.1. The quantitative estimate of drug-likeness (QED) is 0.201. The van der Waals surface area contributed by atoms with Gasteiger partial charge in [0.25, 0.3) is 0 Å². The van der Waals surface area contributed by atoms with Crippen LogP contribution in [0.15, 0.2) is 0 Å². The number of carbonyl (C=O) groups excluding carboxylic acids is 2. The van der Waals surface area contributed by atoms with Crippen LogP contribution in [0.5, 0.6) is 0 Å². The van der Waals surface area contributed by atoms with E-state index in [2.05, 4.69) is 21.3 Å². The molecule has 0 aliphatic rings. The second-order valence-electron chi connectivity index (χ2n) is 4.28. The van der Waals surface area contributed by atoms with Crippen molar-refractivity contribution < 1.29 is 9.59 Å². The largest absolute Gasteiger partial charge is 0.355 e. The molecule has 0 aromatic heterocycles. The second kappa shape index (κ2) is 14.2. The number of amides is 2. The SMILES string of the molecule is NCCNCCNC(=O)CCC(=O)NCCNCCN. The highest BCUT2D eigenvalue weighted by Gasteiger charge is 2.05. The monoisotopic (exact) mass is 288 g/mol. The van der Waals surface area contributed by atoms with Crippen molar-refractivity contribution in [2.45, 2.75) is 12.8 Å². The standard InChI is InChI=1S/C12H28N6O2/c13-3-5-15-7-9-17-11(19)1-2-12(20)18-10-8-16-6-4-14/h15-16H,1-10,13-14H2,(H,17,19)(H,18,20). The summed E-state index contributed by atoms with van der Waals surface area (Å²) in [6, 6.07) is 0. The maximum atomic E-state index is 11.4. The maximum absolute atomic E-state index is 11.4.